The summed E-state index contributed by atoms with van der Waals surface area (Å²) >= 11 is 0. The Morgan fingerprint density at radius 2 is 2.22 bits per heavy atom. The number of hydrogen-bond acceptors (Lipinski definition) is 5. The SMILES string of the molecule is COC(=O)c1cc2cn(C3CCC[C@@](C)(O)C3)nc2cc1OC. The van der Waals surface area contributed by atoms with Gasteiger partial charge < -0.3 is 14.6 Å². The zero-order chi connectivity index (χ0) is 16.6. The predicted octanol–water partition coefficient (Wildman–Crippen LogP) is 2.70. The van der Waals surface area contributed by atoms with Crippen molar-refractivity contribution >= 4 is 16.9 Å². The molecule has 0 spiro atoms. The molecular weight excluding hydrogens is 296 g/mol. The van der Waals surface area contributed by atoms with Crippen LogP contribution in [-0.2, 0) is 4.74 Å². The standard InChI is InChI=1S/C17H22N2O4/c1-17(21)6-4-5-12(9-17)19-10-11-7-13(16(20)23-3)15(22-2)8-14(11)18-19/h7-8,10,12,21H,4-6,9H2,1-3H3/t12?,17-/m1/s1. The van der Waals surface area contributed by atoms with E-state index < -0.39 is 11.6 Å². The van der Waals surface area contributed by atoms with Crippen LogP contribution in [0.25, 0.3) is 10.9 Å². The van der Waals surface area contributed by atoms with E-state index in [1.165, 1.54) is 14.2 Å². The summed E-state index contributed by atoms with van der Waals surface area (Å²) < 4.78 is 12.0. The van der Waals surface area contributed by atoms with Crippen LogP contribution in [0.3, 0.4) is 0 Å². The van der Waals surface area contributed by atoms with Crippen molar-refractivity contribution in [2.45, 2.75) is 44.2 Å². The molecule has 6 heteroatoms. The van der Waals surface area contributed by atoms with Gasteiger partial charge in [0.1, 0.15) is 11.3 Å². The van der Waals surface area contributed by atoms with E-state index in [4.69, 9.17) is 9.47 Å². The van der Waals surface area contributed by atoms with Crippen LogP contribution in [0, 0.1) is 0 Å². The lowest BCUT2D eigenvalue weighted by Gasteiger charge is -2.33. The van der Waals surface area contributed by atoms with Gasteiger partial charge in [-0.15, -0.1) is 0 Å². The number of methoxy groups -OCH3 is 2. The van der Waals surface area contributed by atoms with Crippen molar-refractivity contribution in [2.75, 3.05) is 14.2 Å². The molecule has 1 aromatic heterocycles. The van der Waals surface area contributed by atoms with E-state index in [1.807, 2.05) is 17.8 Å². The van der Waals surface area contributed by atoms with Gasteiger partial charge in [0.05, 0.1) is 31.4 Å². The number of aromatic nitrogens is 2. The molecule has 1 fully saturated rings. The molecule has 2 aromatic rings. The number of carbonyl (C=O) groups is 1. The van der Waals surface area contributed by atoms with Gasteiger partial charge in [0.25, 0.3) is 0 Å². The maximum atomic E-state index is 11.9. The Morgan fingerprint density at radius 3 is 2.87 bits per heavy atom. The van der Waals surface area contributed by atoms with Gasteiger partial charge >= 0.3 is 5.97 Å². The minimum absolute atomic E-state index is 0.165. The summed E-state index contributed by atoms with van der Waals surface area (Å²) in [5, 5.41) is 15.8. The zero-order valence-corrected chi connectivity index (χ0v) is 13.7. The first-order valence-corrected chi connectivity index (χ1v) is 7.81. The summed E-state index contributed by atoms with van der Waals surface area (Å²) in [4.78, 5) is 11.9. The van der Waals surface area contributed by atoms with Gasteiger partial charge in [0.2, 0.25) is 0 Å². The molecule has 23 heavy (non-hydrogen) atoms. The van der Waals surface area contributed by atoms with Crippen LogP contribution in [-0.4, -0.2) is 40.7 Å². The summed E-state index contributed by atoms with van der Waals surface area (Å²) in [5.41, 5.74) is 0.507. The fraction of sp³-hybridized carbons (Fsp3) is 0.529. The van der Waals surface area contributed by atoms with E-state index in [-0.39, 0.29) is 6.04 Å². The first-order chi connectivity index (χ1) is 10.9. The third-order valence-electron chi connectivity index (χ3n) is 4.55. The summed E-state index contributed by atoms with van der Waals surface area (Å²) in [6.45, 7) is 1.88. The lowest BCUT2D eigenvalue weighted by atomic mass is 9.83. The van der Waals surface area contributed by atoms with Crippen LogP contribution >= 0.6 is 0 Å². The van der Waals surface area contributed by atoms with Crippen LogP contribution in [0.1, 0.15) is 49.0 Å². The fourth-order valence-electron chi connectivity index (χ4n) is 3.35. The molecule has 2 atom stereocenters. The fourth-order valence-corrected chi connectivity index (χ4v) is 3.35. The number of rotatable bonds is 3. The van der Waals surface area contributed by atoms with Crippen LogP contribution in [0.15, 0.2) is 18.3 Å². The molecule has 1 aliphatic carbocycles. The van der Waals surface area contributed by atoms with E-state index in [0.29, 0.717) is 17.7 Å². The second-order valence-corrected chi connectivity index (χ2v) is 6.46. The minimum Gasteiger partial charge on any atom is -0.496 e. The molecule has 124 valence electrons. The number of benzene rings is 1. The topological polar surface area (TPSA) is 73.6 Å². The Balaban J connectivity index is 2.00. The molecule has 0 radical (unpaired) electrons. The van der Waals surface area contributed by atoms with E-state index in [0.717, 1.165) is 30.2 Å². The Labute approximate surface area is 135 Å². The number of ether oxygens (including phenoxy) is 2. The van der Waals surface area contributed by atoms with Crippen molar-refractivity contribution in [3.8, 4) is 5.75 Å². The van der Waals surface area contributed by atoms with Crippen molar-refractivity contribution < 1.29 is 19.4 Å². The molecule has 3 rings (SSSR count). The maximum Gasteiger partial charge on any atom is 0.341 e. The summed E-state index contributed by atoms with van der Waals surface area (Å²) in [6, 6.07) is 3.66. The monoisotopic (exact) mass is 318 g/mol. The van der Waals surface area contributed by atoms with Gasteiger partial charge in [-0.1, -0.05) is 0 Å². The van der Waals surface area contributed by atoms with Crippen LogP contribution in [0.5, 0.6) is 5.75 Å². The Hall–Kier alpha value is -2.08. The molecule has 1 saturated carbocycles. The lowest BCUT2D eigenvalue weighted by molar-refractivity contribution is 0.00191. The van der Waals surface area contributed by atoms with E-state index in [1.54, 1.807) is 12.1 Å². The summed E-state index contributed by atoms with van der Waals surface area (Å²) in [6.07, 6.45) is 5.40. The van der Waals surface area contributed by atoms with Crippen molar-refractivity contribution in [3.63, 3.8) is 0 Å². The largest absolute Gasteiger partial charge is 0.496 e. The second kappa shape index (κ2) is 5.85. The normalized spacial score (nSPS) is 24.6. The molecule has 1 heterocycles. The maximum absolute atomic E-state index is 11.9. The molecule has 0 aliphatic heterocycles. The van der Waals surface area contributed by atoms with E-state index in [9.17, 15) is 9.90 Å². The molecule has 1 N–H and O–H groups in total. The summed E-state index contributed by atoms with van der Waals surface area (Å²) in [7, 11) is 2.86. The first kappa shape index (κ1) is 15.8. The van der Waals surface area contributed by atoms with Gasteiger partial charge in [-0.3, -0.25) is 4.68 Å². The highest BCUT2D eigenvalue weighted by Crippen LogP contribution is 2.36. The molecule has 1 unspecified atom stereocenters. The number of nitrogens with zero attached hydrogens (tertiary/aromatic N) is 2. The smallest absolute Gasteiger partial charge is 0.341 e. The van der Waals surface area contributed by atoms with Gasteiger partial charge in [0, 0.05) is 17.6 Å². The molecule has 0 saturated heterocycles. The molecule has 0 bridgehead atoms. The van der Waals surface area contributed by atoms with Crippen molar-refractivity contribution in [1.29, 1.82) is 0 Å². The van der Waals surface area contributed by atoms with Crippen molar-refractivity contribution in [2.24, 2.45) is 0 Å². The Kier molecular flexibility index (Phi) is 4.02. The molecule has 1 aromatic carbocycles. The zero-order valence-electron chi connectivity index (χ0n) is 13.7. The first-order valence-electron chi connectivity index (χ1n) is 7.81. The second-order valence-electron chi connectivity index (χ2n) is 6.46. The molecule has 1 aliphatic rings. The minimum atomic E-state index is -0.643. The highest BCUT2D eigenvalue weighted by Gasteiger charge is 2.31. The number of carbonyl (C=O) groups excluding carboxylic acids is 1. The quantitative estimate of drug-likeness (QED) is 0.881. The van der Waals surface area contributed by atoms with Crippen molar-refractivity contribution in [1.82, 2.24) is 9.78 Å². The van der Waals surface area contributed by atoms with Crippen LogP contribution < -0.4 is 4.74 Å². The van der Waals surface area contributed by atoms with Gasteiger partial charge in [-0.05, 0) is 38.7 Å². The highest BCUT2D eigenvalue weighted by molar-refractivity contribution is 5.97. The average molecular weight is 318 g/mol. The predicted molar refractivity (Wildman–Crippen MR) is 85.8 cm³/mol. The Morgan fingerprint density at radius 1 is 1.43 bits per heavy atom. The third-order valence-corrected chi connectivity index (χ3v) is 4.55. The van der Waals surface area contributed by atoms with Crippen LogP contribution in [0.2, 0.25) is 0 Å². The Bertz CT molecular complexity index is 736. The molecular formula is C17H22N2O4. The third kappa shape index (κ3) is 3.03. The molecule has 6 nitrogen and oxygen atoms in total. The van der Waals surface area contributed by atoms with Gasteiger partial charge in [0.15, 0.2) is 0 Å². The van der Waals surface area contributed by atoms with E-state index in [2.05, 4.69) is 5.10 Å². The number of fused-ring (bicyclic) bond motifs is 1. The summed E-state index contributed by atoms with van der Waals surface area (Å²) in [5.74, 6) is 0.0161. The highest BCUT2D eigenvalue weighted by atomic mass is 16.5. The van der Waals surface area contributed by atoms with Gasteiger partial charge in [-0.25, -0.2) is 4.79 Å². The van der Waals surface area contributed by atoms with Crippen LogP contribution in [0.4, 0.5) is 0 Å². The van der Waals surface area contributed by atoms with Gasteiger partial charge in [-0.2, -0.15) is 5.10 Å². The van der Waals surface area contributed by atoms with Crippen molar-refractivity contribution in [3.05, 3.63) is 23.9 Å². The lowest BCUT2D eigenvalue weighted by Crippen LogP contribution is -2.33. The number of esters is 1. The number of aliphatic hydroxyl groups is 1. The van der Waals surface area contributed by atoms with E-state index >= 15 is 0 Å². The number of hydrogen-bond donors (Lipinski definition) is 1. The average Bonchev–Trinajstić information content (AvgIpc) is 2.94. The molecule has 0 amide bonds.